The van der Waals surface area contributed by atoms with E-state index in [-0.39, 0.29) is 18.4 Å². The molecule has 0 aliphatic rings. The topological polar surface area (TPSA) is 71.3 Å². The van der Waals surface area contributed by atoms with Gasteiger partial charge in [-0.1, -0.05) is 11.6 Å². The van der Waals surface area contributed by atoms with Crippen LogP contribution < -0.4 is 5.32 Å². The van der Waals surface area contributed by atoms with Crippen LogP contribution in [0.5, 0.6) is 0 Å². The Hall–Kier alpha value is -1.49. The summed E-state index contributed by atoms with van der Waals surface area (Å²) in [5.74, 6) is -1.12. The number of halogens is 1. The number of hydrogen-bond acceptors (Lipinski definition) is 2. The van der Waals surface area contributed by atoms with Crippen molar-refractivity contribution in [3.63, 3.8) is 0 Å². The normalized spacial score (nSPS) is 11.7. The Labute approximate surface area is 123 Å². The minimum atomic E-state index is -0.874. The lowest BCUT2D eigenvalue weighted by Crippen LogP contribution is -2.44. The van der Waals surface area contributed by atoms with Gasteiger partial charge in [0, 0.05) is 24.2 Å². The van der Waals surface area contributed by atoms with Crippen molar-refractivity contribution < 1.29 is 14.7 Å². The van der Waals surface area contributed by atoms with Crippen molar-refractivity contribution in [2.45, 2.75) is 52.1 Å². The average molecular weight is 301 g/mol. The minimum Gasteiger partial charge on any atom is -0.481 e. The van der Waals surface area contributed by atoms with Gasteiger partial charge in [0.2, 0.25) is 0 Å². The van der Waals surface area contributed by atoms with Gasteiger partial charge in [0.1, 0.15) is 5.69 Å². The third kappa shape index (κ3) is 4.56. The number of nitrogens with zero attached hydrogens (tertiary/aromatic N) is 1. The lowest BCUT2D eigenvalue weighted by molar-refractivity contribution is -0.137. The molecule has 1 heterocycles. The van der Waals surface area contributed by atoms with Gasteiger partial charge in [-0.3, -0.25) is 9.59 Å². The summed E-state index contributed by atoms with van der Waals surface area (Å²) in [7, 11) is 0. The molecule has 0 fully saturated rings. The average Bonchev–Trinajstić information content (AvgIpc) is 2.68. The maximum Gasteiger partial charge on any atom is 0.303 e. The van der Waals surface area contributed by atoms with Crippen molar-refractivity contribution in [1.82, 2.24) is 9.88 Å². The Kier molecular flexibility index (Phi) is 5.22. The molecule has 1 amide bonds. The highest BCUT2D eigenvalue weighted by Gasteiger charge is 2.24. The van der Waals surface area contributed by atoms with Gasteiger partial charge in [0.15, 0.2) is 0 Å². The minimum absolute atomic E-state index is 0.0131. The smallest absolute Gasteiger partial charge is 0.303 e. The zero-order valence-corrected chi connectivity index (χ0v) is 13.0. The summed E-state index contributed by atoms with van der Waals surface area (Å²) in [5.41, 5.74) is -0.109. The molecule has 1 aromatic rings. The first-order valence-corrected chi connectivity index (χ1v) is 6.92. The van der Waals surface area contributed by atoms with Gasteiger partial charge >= 0.3 is 5.97 Å². The third-order valence-corrected chi connectivity index (χ3v) is 3.23. The van der Waals surface area contributed by atoms with Crippen LogP contribution in [0.2, 0.25) is 5.02 Å². The maximum atomic E-state index is 12.3. The van der Waals surface area contributed by atoms with Crippen LogP contribution in [0.1, 0.15) is 57.1 Å². The molecule has 20 heavy (non-hydrogen) atoms. The van der Waals surface area contributed by atoms with E-state index in [1.54, 1.807) is 30.7 Å². The van der Waals surface area contributed by atoms with Crippen LogP contribution in [0, 0.1) is 0 Å². The number of hydrogen-bond donors (Lipinski definition) is 2. The van der Waals surface area contributed by atoms with E-state index in [0.717, 1.165) is 0 Å². The molecular formula is C14H21ClN2O3. The predicted octanol–water partition coefficient (Wildman–Crippen LogP) is 3.10. The maximum absolute atomic E-state index is 12.3. The number of rotatable bonds is 6. The lowest BCUT2D eigenvalue weighted by atomic mass is 9.98. The van der Waals surface area contributed by atoms with E-state index in [2.05, 4.69) is 5.32 Å². The molecule has 0 radical (unpaired) electrons. The number of aromatic nitrogens is 1. The van der Waals surface area contributed by atoms with Crippen LogP contribution in [-0.2, 0) is 4.79 Å². The van der Waals surface area contributed by atoms with Crippen molar-refractivity contribution in [2.75, 3.05) is 0 Å². The molecule has 0 atom stereocenters. The Morgan fingerprint density at radius 1 is 1.45 bits per heavy atom. The Morgan fingerprint density at radius 2 is 2.05 bits per heavy atom. The van der Waals surface area contributed by atoms with Crippen LogP contribution in [0.25, 0.3) is 0 Å². The Bertz CT molecular complexity index is 507. The van der Waals surface area contributed by atoms with Gasteiger partial charge in [-0.2, -0.15) is 0 Å². The van der Waals surface area contributed by atoms with E-state index < -0.39 is 11.5 Å². The molecule has 112 valence electrons. The number of carboxylic acids is 1. The first-order valence-electron chi connectivity index (χ1n) is 6.54. The molecule has 0 aliphatic heterocycles. The molecule has 1 aromatic heterocycles. The molecule has 1 rings (SSSR count). The van der Waals surface area contributed by atoms with Gasteiger partial charge in [0.05, 0.1) is 5.02 Å². The first-order chi connectivity index (χ1) is 9.12. The van der Waals surface area contributed by atoms with Gasteiger partial charge in [-0.05, 0) is 40.2 Å². The summed E-state index contributed by atoms with van der Waals surface area (Å²) in [6, 6.07) is 1.73. The van der Waals surface area contributed by atoms with Crippen molar-refractivity contribution in [1.29, 1.82) is 0 Å². The van der Waals surface area contributed by atoms with Gasteiger partial charge < -0.3 is 15.0 Å². The number of carbonyl (C=O) groups excluding carboxylic acids is 1. The van der Waals surface area contributed by atoms with Crippen LogP contribution in [-0.4, -0.2) is 27.1 Å². The Morgan fingerprint density at radius 3 is 2.55 bits per heavy atom. The third-order valence-electron chi connectivity index (χ3n) is 3.02. The van der Waals surface area contributed by atoms with E-state index in [9.17, 15) is 9.59 Å². The molecule has 0 aromatic carbocycles. The highest BCUT2D eigenvalue weighted by Crippen LogP contribution is 2.20. The van der Waals surface area contributed by atoms with E-state index in [0.29, 0.717) is 17.1 Å². The summed E-state index contributed by atoms with van der Waals surface area (Å²) < 4.78 is 1.80. The summed E-state index contributed by atoms with van der Waals surface area (Å²) >= 11 is 5.95. The molecule has 0 spiro atoms. The summed E-state index contributed by atoms with van der Waals surface area (Å²) in [6.45, 7) is 7.53. The molecule has 6 heteroatoms. The fraction of sp³-hybridized carbons (Fsp3) is 0.571. The van der Waals surface area contributed by atoms with Crippen molar-refractivity contribution in [2.24, 2.45) is 0 Å². The molecule has 0 bridgehead atoms. The number of nitrogens with one attached hydrogen (secondary N) is 1. The predicted molar refractivity (Wildman–Crippen MR) is 78.2 cm³/mol. The molecule has 5 nitrogen and oxygen atoms in total. The number of carboxylic acid groups (broad SMARTS) is 1. The fourth-order valence-corrected chi connectivity index (χ4v) is 2.12. The number of carbonyl (C=O) groups is 2. The largest absolute Gasteiger partial charge is 0.481 e. The molecule has 2 N–H and O–H groups in total. The second-order valence-electron chi connectivity index (χ2n) is 5.78. The highest BCUT2D eigenvalue weighted by molar-refractivity contribution is 6.31. The molecule has 0 aliphatic carbocycles. The van der Waals surface area contributed by atoms with Crippen molar-refractivity contribution in [3.8, 4) is 0 Å². The van der Waals surface area contributed by atoms with Crippen LogP contribution in [0.4, 0.5) is 0 Å². The standard InChI is InChI=1S/C14H21ClN2O3/c1-9(2)17-8-10(15)7-11(17)13(20)16-14(3,4)6-5-12(18)19/h7-9H,5-6H2,1-4H3,(H,16,20)(H,18,19). The summed E-state index contributed by atoms with van der Waals surface area (Å²) in [5, 5.41) is 12.1. The number of amides is 1. The van der Waals surface area contributed by atoms with Gasteiger partial charge in [-0.15, -0.1) is 0 Å². The highest BCUT2D eigenvalue weighted by atomic mass is 35.5. The zero-order chi connectivity index (χ0) is 15.5. The second-order valence-corrected chi connectivity index (χ2v) is 6.21. The van der Waals surface area contributed by atoms with E-state index >= 15 is 0 Å². The van der Waals surface area contributed by atoms with Crippen LogP contribution in [0.15, 0.2) is 12.3 Å². The molecular weight excluding hydrogens is 280 g/mol. The Balaban J connectivity index is 2.83. The van der Waals surface area contributed by atoms with Crippen molar-refractivity contribution in [3.05, 3.63) is 23.0 Å². The summed E-state index contributed by atoms with van der Waals surface area (Å²) in [4.78, 5) is 22.9. The molecule has 0 saturated heterocycles. The summed E-state index contributed by atoms with van der Waals surface area (Å²) in [6.07, 6.45) is 2.09. The van der Waals surface area contributed by atoms with Crippen LogP contribution >= 0.6 is 11.6 Å². The zero-order valence-electron chi connectivity index (χ0n) is 12.2. The number of aliphatic carboxylic acids is 1. The quantitative estimate of drug-likeness (QED) is 0.848. The van der Waals surface area contributed by atoms with Gasteiger partial charge in [-0.25, -0.2) is 0 Å². The van der Waals surface area contributed by atoms with Gasteiger partial charge in [0.25, 0.3) is 5.91 Å². The van der Waals surface area contributed by atoms with E-state index in [1.165, 1.54) is 0 Å². The molecule has 0 saturated carbocycles. The second kappa shape index (κ2) is 6.31. The van der Waals surface area contributed by atoms with E-state index in [4.69, 9.17) is 16.7 Å². The first kappa shape index (κ1) is 16.6. The van der Waals surface area contributed by atoms with Crippen LogP contribution in [0.3, 0.4) is 0 Å². The monoisotopic (exact) mass is 300 g/mol. The lowest BCUT2D eigenvalue weighted by Gasteiger charge is -2.26. The molecule has 0 unspecified atom stereocenters. The van der Waals surface area contributed by atoms with E-state index in [1.807, 2.05) is 13.8 Å². The fourth-order valence-electron chi connectivity index (χ4n) is 1.91. The SMILES string of the molecule is CC(C)n1cc(Cl)cc1C(=O)NC(C)(C)CCC(=O)O. The van der Waals surface area contributed by atoms with Crippen molar-refractivity contribution >= 4 is 23.5 Å².